The van der Waals surface area contributed by atoms with Crippen LogP contribution in [0.3, 0.4) is 0 Å². The number of hydrogen-bond acceptors (Lipinski definition) is 7. The van der Waals surface area contributed by atoms with E-state index in [1.165, 1.54) is 19.2 Å². The van der Waals surface area contributed by atoms with Crippen LogP contribution in [-0.2, 0) is 6.54 Å². The maximum atomic E-state index is 12.8. The molecular weight excluding hydrogens is 362 g/mol. The van der Waals surface area contributed by atoms with E-state index in [-0.39, 0.29) is 40.8 Å². The number of phenols is 3. The third-order valence-electron chi connectivity index (χ3n) is 5.12. The Morgan fingerprint density at radius 1 is 1.14 bits per heavy atom. The fourth-order valence-electron chi connectivity index (χ4n) is 3.42. The van der Waals surface area contributed by atoms with Crippen molar-refractivity contribution >= 4 is 5.78 Å². The zero-order valence-electron chi connectivity index (χ0n) is 16.2. The lowest BCUT2D eigenvalue weighted by atomic mass is 9.93. The Labute approximate surface area is 163 Å². The van der Waals surface area contributed by atoms with Crippen molar-refractivity contribution in [2.24, 2.45) is 0 Å². The normalized spacial score (nSPS) is 16.0. The minimum Gasteiger partial charge on any atom is -0.507 e. The van der Waals surface area contributed by atoms with Gasteiger partial charge in [0.25, 0.3) is 0 Å². The fraction of sp³-hybridized carbons (Fsp3) is 0.381. The molecular formula is C21H25NO6. The van der Waals surface area contributed by atoms with Crippen molar-refractivity contribution in [1.29, 1.82) is 0 Å². The van der Waals surface area contributed by atoms with E-state index in [4.69, 9.17) is 9.47 Å². The Hall–Kier alpha value is -2.93. The van der Waals surface area contributed by atoms with E-state index < -0.39 is 6.10 Å². The lowest BCUT2D eigenvalue weighted by molar-refractivity contribution is 0.0843. The van der Waals surface area contributed by atoms with Gasteiger partial charge in [0.1, 0.15) is 28.9 Å². The van der Waals surface area contributed by atoms with Crippen LogP contribution < -0.4 is 9.47 Å². The summed E-state index contributed by atoms with van der Waals surface area (Å²) in [6.07, 6.45) is -0.619. The summed E-state index contributed by atoms with van der Waals surface area (Å²) in [5.41, 5.74) is 1.01. The summed E-state index contributed by atoms with van der Waals surface area (Å²) in [5, 5.41) is 31.0. The molecule has 28 heavy (non-hydrogen) atoms. The summed E-state index contributed by atoms with van der Waals surface area (Å²) in [4.78, 5) is 14.8. The van der Waals surface area contributed by atoms with Gasteiger partial charge in [-0.25, -0.2) is 0 Å². The van der Waals surface area contributed by atoms with Crippen LogP contribution in [0.4, 0.5) is 0 Å². The number of aromatic hydroxyl groups is 3. The zero-order valence-corrected chi connectivity index (χ0v) is 16.2. The van der Waals surface area contributed by atoms with Gasteiger partial charge in [0.05, 0.1) is 19.1 Å². The minimum atomic E-state index is -0.635. The predicted octanol–water partition coefficient (Wildman–Crippen LogP) is 3.36. The number of rotatable bonds is 6. The Bertz CT molecular complexity index is 891. The van der Waals surface area contributed by atoms with Gasteiger partial charge in [-0.1, -0.05) is 19.9 Å². The van der Waals surface area contributed by atoms with Crippen LogP contribution in [0.1, 0.15) is 47.9 Å². The Morgan fingerprint density at radius 3 is 2.46 bits per heavy atom. The van der Waals surface area contributed by atoms with Gasteiger partial charge in [-0.3, -0.25) is 9.69 Å². The van der Waals surface area contributed by atoms with Crippen LogP contribution in [0.15, 0.2) is 24.3 Å². The van der Waals surface area contributed by atoms with Gasteiger partial charge in [-0.2, -0.15) is 0 Å². The average molecular weight is 387 g/mol. The van der Waals surface area contributed by atoms with Gasteiger partial charge < -0.3 is 24.8 Å². The van der Waals surface area contributed by atoms with E-state index in [1.54, 1.807) is 12.1 Å². The van der Waals surface area contributed by atoms with Crippen LogP contribution in [0.2, 0.25) is 0 Å². The predicted molar refractivity (Wildman–Crippen MR) is 103 cm³/mol. The number of fused-ring (bicyclic) bond motifs is 1. The van der Waals surface area contributed by atoms with Crippen LogP contribution in [0.25, 0.3) is 0 Å². The second-order valence-corrected chi connectivity index (χ2v) is 6.72. The molecule has 0 spiro atoms. The quantitative estimate of drug-likeness (QED) is 0.699. The van der Waals surface area contributed by atoms with E-state index in [0.29, 0.717) is 23.4 Å². The largest absolute Gasteiger partial charge is 0.507 e. The number of ketones is 1. The highest BCUT2D eigenvalue weighted by molar-refractivity contribution is 6.03. The number of ether oxygens (including phenoxy) is 2. The second-order valence-electron chi connectivity index (χ2n) is 6.72. The van der Waals surface area contributed by atoms with Crippen molar-refractivity contribution < 1.29 is 29.6 Å². The van der Waals surface area contributed by atoms with Crippen molar-refractivity contribution in [2.75, 3.05) is 20.2 Å². The zero-order chi connectivity index (χ0) is 20.4. The van der Waals surface area contributed by atoms with Crippen LogP contribution >= 0.6 is 0 Å². The topological polar surface area (TPSA) is 99.5 Å². The van der Waals surface area contributed by atoms with Crippen molar-refractivity contribution in [3.05, 3.63) is 41.0 Å². The molecule has 3 N–H and O–H groups in total. The highest BCUT2D eigenvalue weighted by Gasteiger charge is 2.33. The molecule has 0 unspecified atom stereocenters. The van der Waals surface area contributed by atoms with E-state index in [2.05, 4.69) is 0 Å². The number of nitrogens with zero attached hydrogens (tertiary/aromatic N) is 1. The SMILES string of the molecule is CCN(CC)Cc1c(O)cc2c(c1O)C(=O)C[C@@H](c1ccc(OC)c(O)c1)O2. The number of methoxy groups -OCH3 is 1. The van der Waals surface area contributed by atoms with Crippen LogP contribution in [0.5, 0.6) is 28.7 Å². The number of carbonyl (C=O) groups excluding carboxylic acids is 1. The molecule has 0 saturated carbocycles. The van der Waals surface area contributed by atoms with Gasteiger partial charge in [-0.05, 0) is 30.8 Å². The molecule has 0 aromatic heterocycles. The third-order valence-corrected chi connectivity index (χ3v) is 5.12. The molecule has 0 radical (unpaired) electrons. The van der Waals surface area contributed by atoms with E-state index in [9.17, 15) is 20.1 Å². The molecule has 3 rings (SSSR count). The molecule has 1 aliphatic rings. The molecule has 150 valence electrons. The summed E-state index contributed by atoms with van der Waals surface area (Å²) >= 11 is 0. The highest BCUT2D eigenvalue weighted by atomic mass is 16.5. The maximum absolute atomic E-state index is 12.8. The second kappa shape index (κ2) is 7.98. The summed E-state index contributed by atoms with van der Waals surface area (Å²) in [6.45, 7) is 5.80. The summed E-state index contributed by atoms with van der Waals surface area (Å²) in [5.74, 6) is -0.225. The molecule has 0 saturated heterocycles. The third kappa shape index (κ3) is 3.57. The minimum absolute atomic E-state index is 0.0157. The number of carbonyl (C=O) groups is 1. The van der Waals surface area contributed by atoms with E-state index >= 15 is 0 Å². The first-order chi connectivity index (χ1) is 13.4. The van der Waals surface area contributed by atoms with Gasteiger partial charge in [0.2, 0.25) is 0 Å². The number of hydrogen-bond donors (Lipinski definition) is 3. The highest BCUT2D eigenvalue weighted by Crippen LogP contribution is 2.45. The van der Waals surface area contributed by atoms with Crippen molar-refractivity contribution in [3.63, 3.8) is 0 Å². The summed E-state index contributed by atoms with van der Waals surface area (Å²) < 4.78 is 10.9. The first kappa shape index (κ1) is 19.8. The molecule has 0 aliphatic carbocycles. The lowest BCUT2D eigenvalue weighted by Gasteiger charge is -2.28. The van der Waals surface area contributed by atoms with Crippen molar-refractivity contribution in [3.8, 4) is 28.7 Å². The van der Waals surface area contributed by atoms with Gasteiger partial charge in [-0.15, -0.1) is 0 Å². The van der Waals surface area contributed by atoms with Gasteiger partial charge in [0, 0.05) is 12.6 Å². The van der Waals surface area contributed by atoms with E-state index in [1.807, 2.05) is 18.7 Å². The molecule has 7 nitrogen and oxygen atoms in total. The number of phenolic OH excluding ortho intramolecular Hbond substituents is 3. The molecule has 1 heterocycles. The first-order valence-electron chi connectivity index (χ1n) is 9.26. The first-order valence-corrected chi connectivity index (χ1v) is 9.26. The molecule has 0 amide bonds. The fourth-order valence-corrected chi connectivity index (χ4v) is 3.42. The Morgan fingerprint density at radius 2 is 1.86 bits per heavy atom. The van der Waals surface area contributed by atoms with Gasteiger partial charge in [0.15, 0.2) is 17.3 Å². The molecule has 0 bridgehead atoms. The Kier molecular flexibility index (Phi) is 5.65. The lowest BCUT2D eigenvalue weighted by Crippen LogP contribution is -2.24. The molecule has 2 aromatic carbocycles. The summed E-state index contributed by atoms with van der Waals surface area (Å²) in [7, 11) is 1.45. The molecule has 0 fully saturated rings. The molecule has 1 atom stereocenters. The number of Topliss-reactive ketones (excluding diaryl/α,β-unsaturated/α-hetero) is 1. The maximum Gasteiger partial charge on any atom is 0.174 e. The molecule has 1 aliphatic heterocycles. The molecule has 2 aromatic rings. The monoisotopic (exact) mass is 387 g/mol. The van der Waals surface area contributed by atoms with E-state index in [0.717, 1.165) is 13.1 Å². The summed E-state index contributed by atoms with van der Waals surface area (Å²) in [6, 6.07) is 6.16. The van der Waals surface area contributed by atoms with Crippen LogP contribution in [0, 0.1) is 0 Å². The van der Waals surface area contributed by atoms with Crippen LogP contribution in [-0.4, -0.2) is 46.2 Å². The van der Waals surface area contributed by atoms with Crippen molar-refractivity contribution in [1.82, 2.24) is 4.90 Å². The van der Waals surface area contributed by atoms with Gasteiger partial charge >= 0.3 is 0 Å². The van der Waals surface area contributed by atoms with Crippen molar-refractivity contribution in [2.45, 2.75) is 32.9 Å². The number of benzene rings is 2. The smallest absolute Gasteiger partial charge is 0.174 e. The average Bonchev–Trinajstić information content (AvgIpc) is 2.67. The Balaban J connectivity index is 1.95. The standard InChI is InChI=1S/C21H25NO6/c1-4-22(5-2)11-13-14(23)9-19-20(21(13)26)16(25)10-18(28-19)12-6-7-17(27-3)15(24)8-12/h6-9,18,23-24,26H,4-5,10-11H2,1-3H3/t18-/m0/s1. The molecule has 7 heteroatoms.